The Kier molecular flexibility index (Phi) is 6.51. The number of halogens is 1. The van der Waals surface area contributed by atoms with E-state index in [4.69, 9.17) is 4.74 Å². The summed E-state index contributed by atoms with van der Waals surface area (Å²) in [7, 11) is 1.60. The lowest BCUT2D eigenvalue weighted by Gasteiger charge is -2.06. The monoisotopic (exact) mass is 356 g/mol. The Morgan fingerprint density at radius 2 is 1.92 bits per heavy atom. The summed E-state index contributed by atoms with van der Waals surface area (Å²) >= 11 is 0. The molecule has 0 saturated carbocycles. The zero-order chi connectivity index (χ0) is 16.9. The van der Waals surface area contributed by atoms with Crippen molar-refractivity contribution in [3.8, 4) is 5.75 Å². The number of ether oxygens (including phenoxy) is 1. The van der Waals surface area contributed by atoms with Gasteiger partial charge in [0.15, 0.2) is 11.5 Å². The topological polar surface area (TPSA) is 55.8 Å². The molecular weight excluding hydrogens is 336 g/mol. The molecule has 0 radical (unpaired) electrons. The standard InChI is InChI=1S/C20H20N2O2.ClH/c1-14-9-10-15-5-4-8-18(20(15)22-14)21-12-11-19(23)16-6-3-7-17(13-16)24-2;/h3-10,13,21H,11-12H2,1-2H3;1H. The van der Waals surface area contributed by atoms with Gasteiger partial charge in [0.1, 0.15) is 11.3 Å². The quantitative estimate of drug-likeness (QED) is 0.500. The van der Waals surface area contributed by atoms with Gasteiger partial charge >= 0.3 is 0 Å². The molecule has 0 aliphatic carbocycles. The molecule has 3 rings (SSSR count). The predicted octanol–water partition coefficient (Wildman–Crippen LogP) is 0.0237. The zero-order valence-corrected chi connectivity index (χ0v) is 15.1. The van der Waals surface area contributed by atoms with Gasteiger partial charge in [-0.15, -0.1) is 0 Å². The summed E-state index contributed by atoms with van der Waals surface area (Å²) in [4.78, 5) is 17.0. The van der Waals surface area contributed by atoms with Crippen molar-refractivity contribution < 1.29 is 27.3 Å². The number of pyridine rings is 1. The summed E-state index contributed by atoms with van der Waals surface area (Å²) in [6.07, 6.45) is 0.468. The average Bonchev–Trinajstić information content (AvgIpc) is 2.62. The SMILES string of the molecule is COc1cccc(C(=O)CC[NH2+]c2cccc3ccc(C)nc23)c1.[Cl-]. The van der Waals surface area contributed by atoms with Crippen LogP contribution in [0.2, 0.25) is 0 Å². The number of carbonyl (C=O) groups excluding carboxylic acids is 1. The molecule has 0 aliphatic heterocycles. The fraction of sp³-hybridized carbons (Fsp3) is 0.200. The van der Waals surface area contributed by atoms with Gasteiger partial charge < -0.3 is 22.5 Å². The number of Topliss-reactive ketones (excluding diaryl/α,β-unsaturated/α-hetero) is 1. The fourth-order valence-electron chi connectivity index (χ4n) is 2.73. The van der Waals surface area contributed by atoms with Crippen molar-refractivity contribution >= 4 is 22.4 Å². The summed E-state index contributed by atoms with van der Waals surface area (Å²) in [5.74, 6) is 0.827. The minimum absolute atomic E-state index is 0. The van der Waals surface area contributed by atoms with Gasteiger partial charge in [0, 0.05) is 22.7 Å². The van der Waals surface area contributed by atoms with Gasteiger partial charge in [-0.2, -0.15) is 0 Å². The normalized spacial score (nSPS) is 10.3. The maximum absolute atomic E-state index is 12.3. The van der Waals surface area contributed by atoms with Gasteiger partial charge in [-0.05, 0) is 25.1 Å². The van der Waals surface area contributed by atoms with Gasteiger partial charge in [0.25, 0.3) is 0 Å². The van der Waals surface area contributed by atoms with Crippen molar-refractivity contribution in [2.24, 2.45) is 0 Å². The number of fused-ring (bicyclic) bond motifs is 1. The number of para-hydroxylation sites is 1. The van der Waals surface area contributed by atoms with Crippen molar-refractivity contribution in [1.29, 1.82) is 0 Å². The minimum Gasteiger partial charge on any atom is -1.00 e. The molecular formula is C20H21ClN2O2. The van der Waals surface area contributed by atoms with Crippen LogP contribution < -0.4 is 22.5 Å². The second-order valence-electron chi connectivity index (χ2n) is 5.77. The molecule has 0 atom stereocenters. The predicted molar refractivity (Wildman–Crippen MR) is 94.9 cm³/mol. The number of nitrogens with two attached hydrogens (primary N) is 1. The number of benzene rings is 2. The molecule has 1 heterocycles. The van der Waals surface area contributed by atoms with Crippen LogP contribution in [0.15, 0.2) is 54.6 Å². The molecule has 1 aromatic heterocycles. The molecule has 4 nitrogen and oxygen atoms in total. The molecule has 0 aliphatic rings. The van der Waals surface area contributed by atoms with Crippen LogP contribution in [0.5, 0.6) is 5.75 Å². The highest BCUT2D eigenvalue weighted by molar-refractivity contribution is 5.96. The largest absolute Gasteiger partial charge is 1.00 e. The molecule has 0 unspecified atom stereocenters. The molecule has 25 heavy (non-hydrogen) atoms. The minimum atomic E-state index is 0. The van der Waals surface area contributed by atoms with Crippen LogP contribution in [0.1, 0.15) is 22.5 Å². The van der Waals surface area contributed by atoms with E-state index in [2.05, 4.69) is 22.4 Å². The number of methoxy groups -OCH3 is 1. The average molecular weight is 357 g/mol. The number of hydrogen-bond donors (Lipinski definition) is 1. The zero-order valence-electron chi connectivity index (χ0n) is 14.3. The Labute approximate surface area is 153 Å². The van der Waals surface area contributed by atoms with E-state index >= 15 is 0 Å². The van der Waals surface area contributed by atoms with E-state index in [0.717, 1.165) is 22.3 Å². The summed E-state index contributed by atoms with van der Waals surface area (Å²) in [5, 5.41) is 3.21. The summed E-state index contributed by atoms with van der Waals surface area (Å²) in [5.41, 5.74) is 3.76. The molecule has 2 N–H and O–H groups in total. The van der Waals surface area contributed by atoms with Crippen molar-refractivity contribution in [1.82, 2.24) is 4.98 Å². The highest BCUT2D eigenvalue weighted by Gasteiger charge is 2.10. The number of aryl methyl sites for hydroxylation is 1. The first-order valence-electron chi connectivity index (χ1n) is 8.04. The van der Waals surface area contributed by atoms with Crippen LogP contribution in [-0.2, 0) is 0 Å². The summed E-state index contributed by atoms with van der Waals surface area (Å²) in [6, 6.07) is 17.5. The molecule has 0 bridgehead atoms. The maximum Gasteiger partial charge on any atom is 0.168 e. The van der Waals surface area contributed by atoms with Crippen LogP contribution in [0, 0.1) is 6.92 Å². The highest BCUT2D eigenvalue weighted by atomic mass is 35.5. The van der Waals surface area contributed by atoms with Gasteiger partial charge in [0.2, 0.25) is 0 Å². The van der Waals surface area contributed by atoms with E-state index in [-0.39, 0.29) is 18.2 Å². The number of rotatable bonds is 6. The van der Waals surface area contributed by atoms with Crippen molar-refractivity contribution in [2.75, 3.05) is 13.7 Å². The fourth-order valence-corrected chi connectivity index (χ4v) is 2.73. The maximum atomic E-state index is 12.3. The Balaban J connectivity index is 0.00000225. The molecule has 0 saturated heterocycles. The number of nitrogens with zero attached hydrogens (tertiary/aromatic N) is 1. The van der Waals surface area contributed by atoms with E-state index in [0.29, 0.717) is 24.3 Å². The summed E-state index contributed by atoms with van der Waals surface area (Å²) in [6.45, 7) is 2.67. The van der Waals surface area contributed by atoms with Crippen molar-refractivity contribution in [3.63, 3.8) is 0 Å². The smallest absolute Gasteiger partial charge is 0.168 e. The van der Waals surface area contributed by atoms with Gasteiger partial charge in [-0.1, -0.05) is 30.3 Å². The van der Waals surface area contributed by atoms with Crippen LogP contribution in [0.3, 0.4) is 0 Å². The number of quaternary nitrogens is 1. The number of ketones is 1. The van der Waals surface area contributed by atoms with E-state index in [1.54, 1.807) is 13.2 Å². The van der Waals surface area contributed by atoms with Gasteiger partial charge in [-0.3, -0.25) is 4.79 Å². The van der Waals surface area contributed by atoms with Crippen LogP contribution in [0.4, 0.5) is 5.69 Å². The first-order valence-corrected chi connectivity index (χ1v) is 8.04. The lowest BCUT2D eigenvalue weighted by atomic mass is 10.1. The Morgan fingerprint density at radius 3 is 2.72 bits per heavy atom. The van der Waals surface area contributed by atoms with E-state index in [1.807, 2.05) is 43.3 Å². The van der Waals surface area contributed by atoms with E-state index in [1.165, 1.54) is 0 Å². The second-order valence-corrected chi connectivity index (χ2v) is 5.77. The Hall–Kier alpha value is -2.43. The first-order chi connectivity index (χ1) is 11.7. The van der Waals surface area contributed by atoms with Gasteiger partial charge in [-0.25, -0.2) is 4.98 Å². The van der Waals surface area contributed by atoms with Gasteiger partial charge in [0.05, 0.1) is 20.1 Å². The molecule has 5 heteroatoms. The highest BCUT2D eigenvalue weighted by Crippen LogP contribution is 2.18. The molecule has 0 amide bonds. The van der Waals surface area contributed by atoms with E-state index < -0.39 is 0 Å². The molecule has 3 aromatic rings. The number of aromatic nitrogens is 1. The second kappa shape index (κ2) is 8.60. The Morgan fingerprint density at radius 1 is 1.12 bits per heavy atom. The molecule has 2 aromatic carbocycles. The lowest BCUT2D eigenvalue weighted by Crippen LogP contribution is -3.00. The number of carbonyl (C=O) groups is 1. The third-order valence-corrected chi connectivity index (χ3v) is 4.02. The lowest BCUT2D eigenvalue weighted by molar-refractivity contribution is -0.568. The summed E-state index contributed by atoms with van der Waals surface area (Å²) < 4.78 is 5.17. The van der Waals surface area contributed by atoms with Crippen LogP contribution in [0.25, 0.3) is 10.9 Å². The molecule has 0 spiro atoms. The molecule has 0 fully saturated rings. The third kappa shape index (κ3) is 4.56. The van der Waals surface area contributed by atoms with Crippen LogP contribution in [-0.4, -0.2) is 24.4 Å². The number of hydrogen-bond acceptors (Lipinski definition) is 3. The Bertz CT molecular complexity index is 880. The van der Waals surface area contributed by atoms with E-state index in [9.17, 15) is 4.79 Å². The molecule has 130 valence electrons. The van der Waals surface area contributed by atoms with Crippen molar-refractivity contribution in [2.45, 2.75) is 13.3 Å². The third-order valence-electron chi connectivity index (χ3n) is 4.02. The van der Waals surface area contributed by atoms with Crippen molar-refractivity contribution in [3.05, 3.63) is 65.9 Å². The van der Waals surface area contributed by atoms with Crippen LogP contribution >= 0.6 is 0 Å². The first kappa shape index (κ1) is 18.9.